The summed E-state index contributed by atoms with van der Waals surface area (Å²) in [6.07, 6.45) is 0. The van der Waals surface area contributed by atoms with Gasteiger partial charge < -0.3 is 0 Å². The summed E-state index contributed by atoms with van der Waals surface area (Å²) in [6.45, 7) is 5.95. The van der Waals surface area contributed by atoms with E-state index in [1.807, 2.05) is 19.1 Å². The van der Waals surface area contributed by atoms with E-state index in [2.05, 4.69) is 57.8 Å². The summed E-state index contributed by atoms with van der Waals surface area (Å²) in [5, 5.41) is 21.0. The third kappa shape index (κ3) is 4.61. The van der Waals surface area contributed by atoms with E-state index in [1.54, 1.807) is 0 Å². The van der Waals surface area contributed by atoms with Crippen LogP contribution in [0.15, 0.2) is 35.4 Å². The average molecular weight is 371 g/mol. The Morgan fingerprint density at radius 2 is 1.92 bits per heavy atom. The van der Waals surface area contributed by atoms with Crippen LogP contribution in [0.4, 0.5) is 5.13 Å². The van der Waals surface area contributed by atoms with Gasteiger partial charge in [-0.15, -0.1) is 20.4 Å². The summed E-state index contributed by atoms with van der Waals surface area (Å²) in [6, 6.07) is 10.1. The lowest BCUT2D eigenvalue weighted by molar-refractivity contribution is -0.113. The molecule has 25 heavy (non-hydrogen) atoms. The van der Waals surface area contributed by atoms with Gasteiger partial charge in [-0.3, -0.25) is 10.1 Å². The van der Waals surface area contributed by atoms with Crippen LogP contribution in [0.3, 0.4) is 0 Å². The SMILES string of the molecule is Cc1ccc(C)c(-c2ccc(SCC(=O)Nc3nnc(C)s3)nn2)c1. The molecule has 0 bridgehead atoms. The molecule has 3 aromatic rings. The second kappa shape index (κ2) is 7.71. The number of thioether (sulfide) groups is 1. The van der Waals surface area contributed by atoms with Crippen molar-refractivity contribution in [3.8, 4) is 11.3 Å². The molecule has 0 aliphatic heterocycles. The number of anilines is 1. The summed E-state index contributed by atoms with van der Waals surface area (Å²) in [7, 11) is 0. The molecule has 0 aliphatic rings. The molecule has 1 amide bonds. The van der Waals surface area contributed by atoms with E-state index < -0.39 is 0 Å². The summed E-state index contributed by atoms with van der Waals surface area (Å²) < 4.78 is 0. The van der Waals surface area contributed by atoms with Crippen LogP contribution in [0.1, 0.15) is 16.1 Å². The molecule has 0 spiro atoms. The third-order valence-electron chi connectivity index (χ3n) is 3.43. The van der Waals surface area contributed by atoms with Crippen molar-refractivity contribution in [2.75, 3.05) is 11.1 Å². The van der Waals surface area contributed by atoms with Crippen molar-refractivity contribution >= 4 is 34.1 Å². The summed E-state index contributed by atoms with van der Waals surface area (Å²) in [5.74, 6) is 0.109. The Morgan fingerprint density at radius 1 is 1.08 bits per heavy atom. The number of nitrogens with zero attached hydrogens (tertiary/aromatic N) is 4. The normalized spacial score (nSPS) is 10.7. The Bertz CT molecular complexity index is 892. The number of aryl methyl sites for hydroxylation is 3. The number of nitrogens with one attached hydrogen (secondary N) is 1. The van der Waals surface area contributed by atoms with Crippen molar-refractivity contribution in [1.29, 1.82) is 0 Å². The van der Waals surface area contributed by atoms with Gasteiger partial charge in [0, 0.05) is 5.56 Å². The lowest BCUT2D eigenvalue weighted by Gasteiger charge is -2.06. The molecule has 8 heteroatoms. The highest BCUT2D eigenvalue weighted by molar-refractivity contribution is 7.99. The van der Waals surface area contributed by atoms with E-state index in [-0.39, 0.29) is 11.7 Å². The van der Waals surface area contributed by atoms with Crippen LogP contribution in [-0.2, 0) is 4.79 Å². The molecular weight excluding hydrogens is 354 g/mol. The van der Waals surface area contributed by atoms with Gasteiger partial charge in [0.05, 0.1) is 11.4 Å². The highest BCUT2D eigenvalue weighted by atomic mass is 32.2. The highest BCUT2D eigenvalue weighted by Gasteiger charge is 2.09. The largest absolute Gasteiger partial charge is 0.300 e. The first-order chi connectivity index (χ1) is 12.0. The van der Waals surface area contributed by atoms with E-state index in [4.69, 9.17) is 0 Å². The van der Waals surface area contributed by atoms with Gasteiger partial charge in [-0.1, -0.05) is 40.8 Å². The monoisotopic (exact) mass is 371 g/mol. The molecule has 0 saturated heterocycles. The highest BCUT2D eigenvalue weighted by Crippen LogP contribution is 2.24. The van der Waals surface area contributed by atoms with Crippen molar-refractivity contribution in [2.45, 2.75) is 25.8 Å². The number of hydrogen-bond acceptors (Lipinski definition) is 7. The Morgan fingerprint density at radius 3 is 2.60 bits per heavy atom. The second-order valence-corrected chi connectivity index (χ2v) is 7.72. The van der Waals surface area contributed by atoms with E-state index in [0.717, 1.165) is 21.8 Å². The molecule has 0 unspecified atom stereocenters. The first-order valence-corrected chi connectivity index (χ1v) is 9.45. The van der Waals surface area contributed by atoms with Crippen molar-refractivity contribution in [2.24, 2.45) is 0 Å². The maximum Gasteiger partial charge on any atom is 0.236 e. The van der Waals surface area contributed by atoms with Gasteiger partial charge in [0.2, 0.25) is 11.0 Å². The van der Waals surface area contributed by atoms with Crippen LogP contribution >= 0.6 is 23.1 Å². The summed E-state index contributed by atoms with van der Waals surface area (Å²) >= 11 is 2.68. The molecule has 2 aromatic heterocycles. The van der Waals surface area contributed by atoms with Crippen molar-refractivity contribution in [1.82, 2.24) is 20.4 Å². The van der Waals surface area contributed by atoms with Crippen LogP contribution in [0.5, 0.6) is 0 Å². The standard InChI is InChI=1S/C17H17N5OS2/c1-10-4-5-11(2)13(8-10)14-6-7-16(21-20-14)24-9-15(23)18-17-22-19-12(3)25-17/h4-8H,9H2,1-3H3,(H,18,22,23). The fraction of sp³-hybridized carbons (Fsp3) is 0.235. The Labute approximate surface area is 154 Å². The molecule has 0 atom stereocenters. The van der Waals surface area contributed by atoms with Crippen LogP contribution in [0.25, 0.3) is 11.3 Å². The van der Waals surface area contributed by atoms with Gasteiger partial charge in [0.1, 0.15) is 10.0 Å². The molecule has 0 aliphatic carbocycles. The predicted octanol–water partition coefficient (Wildman–Crippen LogP) is 3.65. The van der Waals surface area contributed by atoms with Gasteiger partial charge in [-0.05, 0) is 44.5 Å². The van der Waals surface area contributed by atoms with E-state index in [1.165, 1.54) is 28.7 Å². The number of amides is 1. The molecule has 3 rings (SSSR count). The zero-order chi connectivity index (χ0) is 17.8. The molecule has 0 saturated carbocycles. The van der Waals surface area contributed by atoms with Gasteiger partial charge in [0.25, 0.3) is 0 Å². The molecule has 0 radical (unpaired) electrons. The summed E-state index contributed by atoms with van der Waals surface area (Å²) in [5.41, 5.74) is 4.25. The molecular formula is C17H17N5OS2. The minimum atomic E-state index is -0.137. The number of carbonyl (C=O) groups is 1. The van der Waals surface area contributed by atoms with Crippen LogP contribution in [-0.4, -0.2) is 32.1 Å². The van der Waals surface area contributed by atoms with Gasteiger partial charge in [0.15, 0.2) is 0 Å². The smallest absolute Gasteiger partial charge is 0.236 e. The van der Waals surface area contributed by atoms with Gasteiger partial charge in [-0.2, -0.15) is 0 Å². The molecule has 128 valence electrons. The third-order valence-corrected chi connectivity index (χ3v) is 5.11. The van der Waals surface area contributed by atoms with Crippen LogP contribution < -0.4 is 5.32 Å². The second-order valence-electron chi connectivity index (χ2n) is 5.54. The lowest BCUT2D eigenvalue weighted by Crippen LogP contribution is -2.14. The molecule has 2 heterocycles. The molecule has 0 fully saturated rings. The number of carbonyl (C=O) groups excluding carboxylic acids is 1. The lowest BCUT2D eigenvalue weighted by atomic mass is 10.0. The fourth-order valence-corrected chi connectivity index (χ4v) is 3.42. The Hall–Kier alpha value is -2.32. The zero-order valence-electron chi connectivity index (χ0n) is 14.1. The molecule has 6 nitrogen and oxygen atoms in total. The van der Waals surface area contributed by atoms with E-state index >= 15 is 0 Å². The number of rotatable bonds is 5. The first kappa shape index (κ1) is 17.5. The fourth-order valence-electron chi connectivity index (χ4n) is 2.19. The minimum Gasteiger partial charge on any atom is -0.300 e. The van der Waals surface area contributed by atoms with E-state index in [9.17, 15) is 4.79 Å². The Balaban J connectivity index is 1.61. The Kier molecular flexibility index (Phi) is 5.40. The molecule has 1 N–H and O–H groups in total. The number of aromatic nitrogens is 4. The quantitative estimate of drug-likeness (QED) is 0.690. The number of benzene rings is 1. The van der Waals surface area contributed by atoms with Gasteiger partial charge in [-0.25, -0.2) is 0 Å². The first-order valence-electron chi connectivity index (χ1n) is 7.65. The maximum absolute atomic E-state index is 11.9. The topological polar surface area (TPSA) is 80.7 Å². The minimum absolute atomic E-state index is 0.137. The van der Waals surface area contributed by atoms with Crippen molar-refractivity contribution < 1.29 is 4.79 Å². The molecule has 1 aromatic carbocycles. The zero-order valence-corrected chi connectivity index (χ0v) is 15.7. The van der Waals surface area contributed by atoms with E-state index in [0.29, 0.717) is 10.2 Å². The summed E-state index contributed by atoms with van der Waals surface area (Å²) in [4.78, 5) is 11.9. The average Bonchev–Trinajstić information content (AvgIpc) is 3.00. The maximum atomic E-state index is 11.9. The predicted molar refractivity (Wildman–Crippen MR) is 101 cm³/mol. The van der Waals surface area contributed by atoms with Crippen LogP contribution in [0.2, 0.25) is 0 Å². The van der Waals surface area contributed by atoms with Crippen molar-refractivity contribution in [3.63, 3.8) is 0 Å². The van der Waals surface area contributed by atoms with Crippen LogP contribution in [0, 0.1) is 20.8 Å². The van der Waals surface area contributed by atoms with Crippen molar-refractivity contribution in [3.05, 3.63) is 46.5 Å². The number of hydrogen-bond donors (Lipinski definition) is 1. The van der Waals surface area contributed by atoms with Gasteiger partial charge >= 0.3 is 0 Å².